The lowest BCUT2D eigenvalue weighted by Crippen LogP contribution is -2.23. The van der Waals surface area contributed by atoms with Crippen molar-refractivity contribution in [2.75, 3.05) is 19.5 Å². The Kier molecular flexibility index (Phi) is 4.81. The number of hydrogen-bond acceptors (Lipinski definition) is 3. The molecule has 1 fully saturated rings. The molecule has 126 valence electrons. The van der Waals surface area contributed by atoms with Crippen LogP contribution >= 0.6 is 11.6 Å². The molecule has 3 N–H and O–H groups in total. The van der Waals surface area contributed by atoms with Gasteiger partial charge in [-0.3, -0.25) is 0 Å². The largest absolute Gasteiger partial charge is 0.493 e. The van der Waals surface area contributed by atoms with Crippen molar-refractivity contribution < 1.29 is 9.47 Å². The SMILES string of the molecule is COc1ccc(NC(N)=N[C@@H]2C[C@H]2c2cccc(Cl)c2)cc1OC. The molecule has 0 heterocycles. The number of benzene rings is 2. The lowest BCUT2D eigenvalue weighted by Gasteiger charge is -2.11. The van der Waals surface area contributed by atoms with Crippen molar-refractivity contribution in [1.29, 1.82) is 0 Å². The fourth-order valence-corrected chi connectivity index (χ4v) is 2.89. The number of nitrogens with two attached hydrogens (primary N) is 1. The fourth-order valence-electron chi connectivity index (χ4n) is 2.69. The van der Waals surface area contributed by atoms with E-state index in [0.29, 0.717) is 23.4 Å². The summed E-state index contributed by atoms with van der Waals surface area (Å²) >= 11 is 6.04. The van der Waals surface area contributed by atoms with Crippen molar-refractivity contribution in [3.8, 4) is 11.5 Å². The number of aliphatic imine (C=N–C) groups is 1. The molecule has 0 radical (unpaired) electrons. The van der Waals surface area contributed by atoms with E-state index in [1.165, 1.54) is 5.56 Å². The molecule has 6 heteroatoms. The maximum Gasteiger partial charge on any atom is 0.193 e. The van der Waals surface area contributed by atoms with Gasteiger partial charge in [0.2, 0.25) is 0 Å². The molecule has 3 rings (SSSR count). The van der Waals surface area contributed by atoms with Crippen LogP contribution in [0.3, 0.4) is 0 Å². The molecule has 0 unspecified atom stereocenters. The molecule has 2 aromatic carbocycles. The number of methoxy groups -OCH3 is 2. The molecule has 24 heavy (non-hydrogen) atoms. The molecule has 0 amide bonds. The highest BCUT2D eigenvalue weighted by Crippen LogP contribution is 2.44. The zero-order valence-electron chi connectivity index (χ0n) is 13.6. The summed E-state index contributed by atoms with van der Waals surface area (Å²) in [7, 11) is 3.20. The standard InChI is InChI=1S/C18H20ClN3O2/c1-23-16-7-6-13(9-17(16)24-2)21-18(20)22-15-10-14(15)11-4-3-5-12(19)8-11/h3-9,14-15H,10H2,1-2H3,(H3,20,21,22)/t14-,15+/m0/s1. The second-order valence-electron chi connectivity index (χ2n) is 5.67. The van der Waals surface area contributed by atoms with Crippen LogP contribution in [0, 0.1) is 0 Å². The lowest BCUT2D eigenvalue weighted by atomic mass is 10.1. The van der Waals surface area contributed by atoms with Crippen molar-refractivity contribution >= 4 is 23.2 Å². The number of nitrogens with zero attached hydrogens (tertiary/aromatic N) is 1. The van der Waals surface area contributed by atoms with Gasteiger partial charge in [0.15, 0.2) is 17.5 Å². The molecule has 1 saturated carbocycles. The van der Waals surface area contributed by atoms with Gasteiger partial charge in [-0.1, -0.05) is 23.7 Å². The number of hydrogen-bond donors (Lipinski definition) is 2. The van der Waals surface area contributed by atoms with Crippen molar-refractivity contribution in [2.45, 2.75) is 18.4 Å². The normalized spacial score (nSPS) is 19.7. The van der Waals surface area contributed by atoms with Crippen molar-refractivity contribution in [3.63, 3.8) is 0 Å². The Labute approximate surface area is 146 Å². The van der Waals surface area contributed by atoms with Crippen molar-refractivity contribution in [3.05, 3.63) is 53.1 Å². The summed E-state index contributed by atoms with van der Waals surface area (Å²) in [6.45, 7) is 0. The number of halogens is 1. The van der Waals surface area contributed by atoms with Crippen molar-refractivity contribution in [1.82, 2.24) is 0 Å². The third kappa shape index (κ3) is 3.74. The first-order chi connectivity index (χ1) is 11.6. The maximum absolute atomic E-state index is 6.04. The van der Waals surface area contributed by atoms with E-state index in [1.807, 2.05) is 36.4 Å². The van der Waals surface area contributed by atoms with E-state index in [0.717, 1.165) is 17.1 Å². The maximum atomic E-state index is 6.04. The van der Waals surface area contributed by atoms with E-state index >= 15 is 0 Å². The van der Waals surface area contributed by atoms with Gasteiger partial charge in [-0.15, -0.1) is 0 Å². The third-order valence-electron chi connectivity index (χ3n) is 3.99. The lowest BCUT2D eigenvalue weighted by molar-refractivity contribution is 0.355. The Morgan fingerprint density at radius 1 is 1.17 bits per heavy atom. The van der Waals surface area contributed by atoms with Crippen LogP contribution in [-0.4, -0.2) is 26.2 Å². The van der Waals surface area contributed by atoms with Crippen LogP contribution in [0.1, 0.15) is 17.9 Å². The highest BCUT2D eigenvalue weighted by molar-refractivity contribution is 6.30. The van der Waals surface area contributed by atoms with Gasteiger partial charge < -0.3 is 20.5 Å². The van der Waals surface area contributed by atoms with Crippen LogP contribution in [0.25, 0.3) is 0 Å². The van der Waals surface area contributed by atoms with Gasteiger partial charge in [-0.2, -0.15) is 0 Å². The average Bonchev–Trinajstić information content (AvgIpc) is 3.33. The Bertz CT molecular complexity index is 764. The van der Waals surface area contributed by atoms with Crippen LogP contribution in [-0.2, 0) is 0 Å². The Morgan fingerprint density at radius 2 is 1.96 bits per heavy atom. The van der Waals surface area contributed by atoms with E-state index in [-0.39, 0.29) is 6.04 Å². The second kappa shape index (κ2) is 7.01. The minimum atomic E-state index is 0.191. The van der Waals surface area contributed by atoms with Crippen LogP contribution in [0.4, 0.5) is 5.69 Å². The molecule has 0 bridgehead atoms. The monoisotopic (exact) mass is 345 g/mol. The first-order valence-electron chi connectivity index (χ1n) is 7.68. The fraction of sp³-hybridized carbons (Fsp3) is 0.278. The molecule has 2 atom stereocenters. The summed E-state index contributed by atoms with van der Waals surface area (Å²) in [5.41, 5.74) is 8.02. The second-order valence-corrected chi connectivity index (χ2v) is 6.11. The summed E-state index contributed by atoms with van der Waals surface area (Å²) in [4.78, 5) is 4.54. The zero-order chi connectivity index (χ0) is 17.1. The van der Waals surface area contributed by atoms with Gasteiger partial charge in [-0.25, -0.2) is 4.99 Å². The highest BCUT2D eigenvalue weighted by atomic mass is 35.5. The van der Waals surface area contributed by atoms with Gasteiger partial charge in [-0.05, 0) is 36.2 Å². The Balaban J connectivity index is 1.65. The van der Waals surface area contributed by atoms with Crippen LogP contribution < -0.4 is 20.5 Å². The van der Waals surface area contributed by atoms with E-state index in [4.69, 9.17) is 26.8 Å². The summed E-state index contributed by atoms with van der Waals surface area (Å²) in [6.07, 6.45) is 0.981. The van der Waals surface area contributed by atoms with E-state index in [9.17, 15) is 0 Å². The smallest absolute Gasteiger partial charge is 0.193 e. The molecule has 0 aliphatic heterocycles. The summed E-state index contributed by atoms with van der Waals surface area (Å²) in [6, 6.07) is 13.6. The van der Waals surface area contributed by atoms with Gasteiger partial charge >= 0.3 is 0 Å². The van der Waals surface area contributed by atoms with Gasteiger partial charge in [0.25, 0.3) is 0 Å². The number of rotatable bonds is 5. The predicted octanol–water partition coefficient (Wildman–Crippen LogP) is 3.64. The molecule has 0 aromatic heterocycles. The molecule has 1 aliphatic rings. The van der Waals surface area contributed by atoms with Gasteiger partial charge in [0.05, 0.1) is 20.3 Å². The minimum Gasteiger partial charge on any atom is -0.493 e. The summed E-state index contributed by atoms with van der Waals surface area (Å²) in [5.74, 6) is 2.08. The quantitative estimate of drug-likeness (QED) is 0.641. The van der Waals surface area contributed by atoms with E-state index in [2.05, 4.69) is 16.4 Å². The molecule has 5 nitrogen and oxygen atoms in total. The molecule has 1 aliphatic carbocycles. The van der Waals surface area contributed by atoms with E-state index < -0.39 is 0 Å². The third-order valence-corrected chi connectivity index (χ3v) is 4.23. The minimum absolute atomic E-state index is 0.191. The van der Waals surface area contributed by atoms with Gasteiger partial charge in [0.1, 0.15) is 0 Å². The number of ether oxygens (including phenoxy) is 2. The molecular weight excluding hydrogens is 326 g/mol. The Morgan fingerprint density at radius 3 is 2.67 bits per heavy atom. The van der Waals surface area contributed by atoms with Crippen molar-refractivity contribution in [2.24, 2.45) is 10.7 Å². The molecular formula is C18H20ClN3O2. The number of guanidine groups is 1. The van der Waals surface area contributed by atoms with Crippen LogP contribution in [0.2, 0.25) is 5.02 Å². The number of anilines is 1. The molecule has 0 spiro atoms. The Hall–Kier alpha value is -2.40. The van der Waals surface area contributed by atoms with E-state index in [1.54, 1.807) is 14.2 Å². The molecule has 2 aromatic rings. The highest BCUT2D eigenvalue weighted by Gasteiger charge is 2.38. The molecule has 0 saturated heterocycles. The first-order valence-corrected chi connectivity index (χ1v) is 8.06. The topological polar surface area (TPSA) is 68.9 Å². The van der Waals surface area contributed by atoms with Crippen LogP contribution in [0.15, 0.2) is 47.5 Å². The number of nitrogens with one attached hydrogen (secondary N) is 1. The van der Waals surface area contributed by atoms with Crippen LogP contribution in [0.5, 0.6) is 11.5 Å². The summed E-state index contributed by atoms with van der Waals surface area (Å²) < 4.78 is 10.5. The van der Waals surface area contributed by atoms with Gasteiger partial charge in [0, 0.05) is 22.7 Å². The summed E-state index contributed by atoms with van der Waals surface area (Å²) in [5, 5.41) is 3.84. The predicted molar refractivity (Wildman–Crippen MR) is 97.4 cm³/mol. The first kappa shape index (κ1) is 16.5. The average molecular weight is 346 g/mol. The zero-order valence-corrected chi connectivity index (χ0v) is 14.4.